The molecule has 0 aliphatic rings. The van der Waals surface area contributed by atoms with Crippen molar-refractivity contribution in [1.29, 1.82) is 0 Å². The molecule has 3 N–H and O–H groups in total. The minimum Gasteiger partial charge on any atom is -0.464 e. The van der Waals surface area contributed by atoms with Gasteiger partial charge in [0.25, 0.3) is 0 Å². The van der Waals surface area contributed by atoms with Crippen LogP contribution in [0.4, 0.5) is 0 Å². The normalized spacial score (nSPS) is 12.6. The summed E-state index contributed by atoms with van der Waals surface area (Å²) >= 11 is 0. The number of carbonyl (C=O) groups is 1. The Bertz CT molecular complexity index is 1050. The topological polar surface area (TPSA) is 117 Å². The molecule has 7 nitrogen and oxygen atoms in total. The molecule has 0 spiro atoms. The van der Waals surface area contributed by atoms with Crippen molar-refractivity contribution in [3.8, 4) is 0 Å². The van der Waals surface area contributed by atoms with E-state index in [-0.39, 0.29) is 23.5 Å². The third-order valence-corrected chi connectivity index (χ3v) is 6.14. The van der Waals surface area contributed by atoms with Crippen LogP contribution in [-0.4, -0.2) is 43.2 Å². The summed E-state index contributed by atoms with van der Waals surface area (Å²) in [7, 11) is -5.39. The molecule has 1 aromatic heterocycles. The molecule has 1 heterocycles. The van der Waals surface area contributed by atoms with Gasteiger partial charge in [-0.2, -0.15) is 0 Å². The van der Waals surface area contributed by atoms with E-state index >= 15 is 0 Å². The Morgan fingerprint density at radius 1 is 1.07 bits per heavy atom. The highest BCUT2D eigenvalue weighted by molar-refractivity contribution is 7.91. The van der Waals surface area contributed by atoms with Crippen molar-refractivity contribution in [2.45, 2.75) is 23.7 Å². The zero-order valence-corrected chi connectivity index (χ0v) is 15.8. The summed E-state index contributed by atoms with van der Waals surface area (Å²) in [6.07, 6.45) is 1.35. The molecule has 0 unspecified atom stereocenters. The first-order chi connectivity index (χ1) is 13.4. The maximum Gasteiger partial charge on any atom is 0.475 e. The Labute approximate surface area is 163 Å². The zero-order chi connectivity index (χ0) is 20.1. The molecular formula is C19H20BNO6S. The average molecular weight is 401 g/mol. The Hall–Kier alpha value is -2.62. The second-order valence-corrected chi connectivity index (χ2v) is 8.54. The van der Waals surface area contributed by atoms with Crippen molar-refractivity contribution < 1.29 is 27.7 Å². The standard InChI is InChI=1S/C19H20BNO6S/c22-19(10-11-28(25,26)15-6-2-1-3-7-15)21-18(20(23)24)12-14-13-27-17-9-5-4-8-16(14)17/h1-9,13,18,23-24H,10-12H2,(H,21,22)/t18-/m0/s1. The van der Waals surface area contributed by atoms with Gasteiger partial charge >= 0.3 is 7.12 Å². The number of rotatable bonds is 8. The molecular weight excluding hydrogens is 381 g/mol. The Morgan fingerprint density at radius 2 is 1.75 bits per heavy atom. The Balaban J connectivity index is 1.63. The summed E-state index contributed by atoms with van der Waals surface area (Å²) in [4.78, 5) is 12.4. The van der Waals surface area contributed by atoms with Gasteiger partial charge in [-0.15, -0.1) is 0 Å². The van der Waals surface area contributed by atoms with Crippen molar-refractivity contribution in [2.24, 2.45) is 0 Å². The highest BCUT2D eigenvalue weighted by Crippen LogP contribution is 2.22. The molecule has 1 atom stereocenters. The van der Waals surface area contributed by atoms with Gasteiger partial charge < -0.3 is 19.8 Å². The van der Waals surface area contributed by atoms with Crippen molar-refractivity contribution in [2.75, 3.05) is 5.75 Å². The third kappa shape index (κ3) is 4.80. The van der Waals surface area contributed by atoms with Crippen LogP contribution < -0.4 is 5.32 Å². The van der Waals surface area contributed by atoms with Gasteiger partial charge in [0.1, 0.15) is 5.58 Å². The number of amides is 1. The largest absolute Gasteiger partial charge is 0.475 e. The summed E-state index contributed by atoms with van der Waals surface area (Å²) in [6.45, 7) is 0. The fourth-order valence-corrected chi connectivity index (χ4v) is 4.17. The van der Waals surface area contributed by atoms with E-state index in [0.717, 1.165) is 5.39 Å². The SMILES string of the molecule is O=C(CCS(=O)(=O)c1ccccc1)N[C@@H](Cc1coc2ccccc12)B(O)O. The maximum atomic E-state index is 12.3. The van der Waals surface area contributed by atoms with Crippen LogP contribution >= 0.6 is 0 Å². The van der Waals surface area contributed by atoms with Crippen LogP contribution in [-0.2, 0) is 21.1 Å². The molecule has 28 heavy (non-hydrogen) atoms. The molecule has 0 bridgehead atoms. The van der Waals surface area contributed by atoms with Gasteiger partial charge in [0.2, 0.25) is 5.91 Å². The smallest absolute Gasteiger partial charge is 0.464 e. The highest BCUT2D eigenvalue weighted by Gasteiger charge is 2.27. The number of furan rings is 1. The third-order valence-electron chi connectivity index (χ3n) is 4.41. The van der Waals surface area contributed by atoms with Crippen LogP contribution in [0.25, 0.3) is 11.0 Å². The highest BCUT2D eigenvalue weighted by atomic mass is 32.2. The van der Waals surface area contributed by atoms with Gasteiger partial charge in [-0.25, -0.2) is 8.42 Å². The molecule has 3 aromatic rings. The number of sulfone groups is 1. The molecule has 0 saturated carbocycles. The zero-order valence-electron chi connectivity index (χ0n) is 15.0. The predicted molar refractivity (Wildman–Crippen MR) is 105 cm³/mol. The Kier molecular flexibility index (Phi) is 6.18. The van der Waals surface area contributed by atoms with Crippen molar-refractivity contribution in [3.05, 3.63) is 66.4 Å². The second kappa shape index (κ2) is 8.60. The van der Waals surface area contributed by atoms with E-state index in [2.05, 4.69) is 5.32 Å². The molecule has 1 amide bonds. The first kappa shape index (κ1) is 20.1. The number of hydrogen-bond acceptors (Lipinski definition) is 6. The molecule has 146 valence electrons. The lowest BCUT2D eigenvalue weighted by Gasteiger charge is -2.17. The lowest BCUT2D eigenvalue weighted by atomic mass is 9.76. The molecule has 3 rings (SSSR count). The molecule has 0 fully saturated rings. The van der Waals surface area contributed by atoms with Crippen LogP contribution in [0.2, 0.25) is 0 Å². The van der Waals surface area contributed by atoms with Crippen molar-refractivity contribution >= 4 is 33.8 Å². The molecule has 0 saturated heterocycles. The minimum absolute atomic E-state index is 0.131. The second-order valence-electron chi connectivity index (χ2n) is 6.43. The van der Waals surface area contributed by atoms with Crippen LogP contribution in [0.3, 0.4) is 0 Å². The summed E-state index contributed by atoms with van der Waals surface area (Å²) in [5.41, 5.74) is 1.37. The van der Waals surface area contributed by atoms with Crippen molar-refractivity contribution in [3.63, 3.8) is 0 Å². The molecule has 9 heteroatoms. The van der Waals surface area contributed by atoms with Gasteiger partial charge in [-0.05, 0) is 30.2 Å². The fourth-order valence-electron chi connectivity index (χ4n) is 2.91. The summed E-state index contributed by atoms with van der Waals surface area (Å²) in [5.74, 6) is -1.94. The molecule has 0 aliphatic heterocycles. The Morgan fingerprint density at radius 3 is 2.46 bits per heavy atom. The van der Waals surface area contributed by atoms with Gasteiger partial charge in [-0.1, -0.05) is 36.4 Å². The monoisotopic (exact) mass is 401 g/mol. The number of nitrogens with one attached hydrogen (secondary N) is 1. The van der Waals surface area contributed by atoms with E-state index in [0.29, 0.717) is 11.1 Å². The van der Waals surface area contributed by atoms with Gasteiger partial charge in [0, 0.05) is 11.8 Å². The van der Waals surface area contributed by atoms with E-state index in [1.807, 2.05) is 18.2 Å². The lowest BCUT2D eigenvalue weighted by Crippen LogP contribution is -2.48. The van der Waals surface area contributed by atoms with Crippen LogP contribution in [0, 0.1) is 0 Å². The van der Waals surface area contributed by atoms with E-state index in [9.17, 15) is 23.3 Å². The summed E-state index contributed by atoms with van der Waals surface area (Å²) in [5, 5.41) is 22.6. The van der Waals surface area contributed by atoms with E-state index in [1.54, 1.807) is 24.3 Å². The number of carbonyl (C=O) groups excluding carboxylic acids is 1. The quantitative estimate of drug-likeness (QED) is 0.491. The summed E-state index contributed by atoms with van der Waals surface area (Å²) in [6, 6.07) is 15.1. The first-order valence-electron chi connectivity index (χ1n) is 8.75. The van der Waals surface area contributed by atoms with Crippen LogP contribution in [0.5, 0.6) is 0 Å². The fraction of sp³-hybridized carbons (Fsp3) is 0.211. The van der Waals surface area contributed by atoms with E-state index in [4.69, 9.17) is 4.42 Å². The number of hydrogen-bond donors (Lipinski definition) is 3. The number of para-hydroxylation sites is 1. The predicted octanol–water partition coefficient (Wildman–Crippen LogP) is 1.34. The first-order valence-corrected chi connectivity index (χ1v) is 10.4. The maximum absolute atomic E-state index is 12.3. The minimum atomic E-state index is -3.59. The van der Waals surface area contributed by atoms with Crippen molar-refractivity contribution in [1.82, 2.24) is 5.32 Å². The van der Waals surface area contributed by atoms with E-state index < -0.39 is 28.8 Å². The number of fused-ring (bicyclic) bond motifs is 1. The average Bonchev–Trinajstić information content (AvgIpc) is 3.10. The molecule has 0 radical (unpaired) electrons. The molecule has 2 aromatic carbocycles. The van der Waals surface area contributed by atoms with Crippen LogP contribution in [0.1, 0.15) is 12.0 Å². The van der Waals surface area contributed by atoms with Gasteiger partial charge in [0.05, 0.1) is 22.9 Å². The summed E-state index contributed by atoms with van der Waals surface area (Å²) < 4.78 is 30.0. The lowest BCUT2D eigenvalue weighted by molar-refractivity contribution is -0.121. The number of benzene rings is 2. The van der Waals surface area contributed by atoms with E-state index in [1.165, 1.54) is 18.4 Å². The van der Waals surface area contributed by atoms with Gasteiger partial charge in [-0.3, -0.25) is 4.79 Å². The molecule has 0 aliphatic carbocycles. The van der Waals surface area contributed by atoms with Crippen LogP contribution in [0.15, 0.2) is 70.2 Å². The van der Waals surface area contributed by atoms with Gasteiger partial charge in [0.15, 0.2) is 9.84 Å².